The molecule has 2 atom stereocenters. The molecule has 0 aromatic heterocycles. The van der Waals surface area contributed by atoms with Crippen LogP contribution in [0, 0.1) is 0 Å². The van der Waals surface area contributed by atoms with Crippen molar-refractivity contribution >= 4 is 11.8 Å². The van der Waals surface area contributed by atoms with E-state index in [4.69, 9.17) is 4.74 Å². The van der Waals surface area contributed by atoms with Gasteiger partial charge in [-0.2, -0.15) is 0 Å². The zero-order chi connectivity index (χ0) is 8.48. The fourth-order valence-corrected chi connectivity index (χ4v) is 2.20. The van der Waals surface area contributed by atoms with Crippen LogP contribution in [-0.4, -0.2) is 49.5 Å². The third-order valence-corrected chi connectivity index (χ3v) is 2.80. The summed E-state index contributed by atoms with van der Waals surface area (Å²) in [7, 11) is 6.62. The molecule has 0 N–H and O–H groups in total. The van der Waals surface area contributed by atoms with Gasteiger partial charge in [0, 0.05) is 5.75 Å². The highest BCUT2D eigenvalue weighted by Crippen LogP contribution is 2.25. The van der Waals surface area contributed by atoms with Crippen LogP contribution in [0.25, 0.3) is 0 Å². The van der Waals surface area contributed by atoms with Crippen LogP contribution in [0.5, 0.6) is 0 Å². The molecule has 1 aliphatic rings. The number of likely N-dealkylation sites (N-methyl/N-ethyl adjacent to an activating group) is 1. The monoisotopic (exact) mass is 176 g/mol. The summed E-state index contributed by atoms with van der Waals surface area (Å²) in [6.07, 6.45) is 0.468. The normalized spacial score (nSPS) is 32.7. The Hall–Kier alpha value is 0.270. The average molecular weight is 176 g/mol. The Kier molecular flexibility index (Phi) is 2.84. The Labute approximate surface area is 73.5 Å². The summed E-state index contributed by atoms with van der Waals surface area (Å²) in [6, 6.07) is 0. The van der Waals surface area contributed by atoms with Gasteiger partial charge in [-0.3, -0.25) is 0 Å². The van der Waals surface area contributed by atoms with Gasteiger partial charge in [0.05, 0.1) is 21.1 Å². The lowest BCUT2D eigenvalue weighted by molar-refractivity contribution is -0.873. The molecule has 0 saturated carbocycles. The van der Waals surface area contributed by atoms with Crippen LogP contribution in [0.1, 0.15) is 6.92 Å². The molecule has 3 heteroatoms. The maximum atomic E-state index is 5.68. The molecule has 1 aliphatic heterocycles. The molecule has 2 nitrogen and oxygen atoms in total. The van der Waals surface area contributed by atoms with E-state index in [1.807, 2.05) is 11.8 Å². The third-order valence-electron chi connectivity index (χ3n) is 1.65. The number of quaternary nitrogens is 1. The summed E-state index contributed by atoms with van der Waals surface area (Å²) in [6.45, 7) is 3.25. The molecule has 0 aromatic rings. The number of ether oxygens (including phenoxy) is 1. The van der Waals surface area contributed by atoms with Crippen LogP contribution in [0.4, 0.5) is 0 Å². The summed E-state index contributed by atoms with van der Waals surface area (Å²) in [5.74, 6) is 1.16. The maximum absolute atomic E-state index is 5.68. The Balaban J connectivity index is 2.29. The van der Waals surface area contributed by atoms with E-state index in [0.29, 0.717) is 11.5 Å². The second kappa shape index (κ2) is 3.33. The van der Waals surface area contributed by atoms with Gasteiger partial charge < -0.3 is 9.22 Å². The zero-order valence-electron chi connectivity index (χ0n) is 7.83. The SMILES string of the molecule is C[C@H]1O[C@H](C[N+](C)(C)C)CS1. The number of hydrogen-bond acceptors (Lipinski definition) is 2. The standard InChI is InChI=1S/C8H18NOS/c1-7-10-8(6-11-7)5-9(2,3)4/h7-8H,5-6H2,1-4H3/q+1/t7-,8+/m0/s1. The van der Waals surface area contributed by atoms with Crippen molar-refractivity contribution in [3.05, 3.63) is 0 Å². The minimum atomic E-state index is 0.409. The summed E-state index contributed by atoms with van der Waals surface area (Å²) < 4.78 is 6.68. The molecule has 0 amide bonds. The van der Waals surface area contributed by atoms with E-state index >= 15 is 0 Å². The number of hydrogen-bond donors (Lipinski definition) is 0. The van der Waals surface area contributed by atoms with E-state index in [-0.39, 0.29) is 0 Å². The van der Waals surface area contributed by atoms with Crippen molar-refractivity contribution in [2.24, 2.45) is 0 Å². The Morgan fingerprint density at radius 3 is 2.45 bits per heavy atom. The Bertz CT molecular complexity index is 133. The van der Waals surface area contributed by atoms with Crippen LogP contribution in [0.2, 0.25) is 0 Å². The zero-order valence-corrected chi connectivity index (χ0v) is 8.65. The summed E-state index contributed by atoms with van der Waals surface area (Å²) in [5.41, 5.74) is 0.409. The molecule has 0 aliphatic carbocycles. The quantitative estimate of drug-likeness (QED) is 0.584. The summed E-state index contributed by atoms with van der Waals surface area (Å²) >= 11 is 1.91. The second-order valence-corrected chi connectivity index (χ2v) is 5.46. The smallest absolute Gasteiger partial charge is 0.117 e. The van der Waals surface area contributed by atoms with E-state index in [2.05, 4.69) is 28.1 Å². The van der Waals surface area contributed by atoms with E-state index in [9.17, 15) is 0 Å². The predicted molar refractivity (Wildman–Crippen MR) is 49.7 cm³/mol. The van der Waals surface area contributed by atoms with Gasteiger partial charge in [0.1, 0.15) is 18.1 Å². The van der Waals surface area contributed by atoms with Crippen molar-refractivity contribution < 1.29 is 9.22 Å². The molecule has 0 bridgehead atoms. The maximum Gasteiger partial charge on any atom is 0.117 e. The van der Waals surface area contributed by atoms with Gasteiger partial charge >= 0.3 is 0 Å². The van der Waals surface area contributed by atoms with Gasteiger partial charge in [0.2, 0.25) is 0 Å². The highest BCUT2D eigenvalue weighted by molar-refractivity contribution is 7.99. The fraction of sp³-hybridized carbons (Fsp3) is 1.00. The molecular weight excluding hydrogens is 158 g/mol. The van der Waals surface area contributed by atoms with Gasteiger partial charge in [0.25, 0.3) is 0 Å². The molecule has 0 aromatic carbocycles. The number of nitrogens with zero attached hydrogens (tertiary/aromatic N) is 1. The highest BCUT2D eigenvalue weighted by atomic mass is 32.2. The summed E-state index contributed by atoms with van der Waals surface area (Å²) in [5, 5.41) is 0. The van der Waals surface area contributed by atoms with Gasteiger partial charge in [-0.05, 0) is 6.92 Å². The largest absolute Gasteiger partial charge is 0.358 e. The van der Waals surface area contributed by atoms with Gasteiger partial charge in [-0.1, -0.05) is 0 Å². The van der Waals surface area contributed by atoms with E-state index < -0.39 is 0 Å². The molecule has 11 heavy (non-hydrogen) atoms. The molecule has 0 radical (unpaired) electrons. The number of thioether (sulfide) groups is 1. The lowest BCUT2D eigenvalue weighted by atomic mass is 10.3. The lowest BCUT2D eigenvalue weighted by Gasteiger charge is -2.26. The van der Waals surface area contributed by atoms with Crippen LogP contribution < -0.4 is 0 Å². The van der Waals surface area contributed by atoms with E-state index in [1.165, 1.54) is 0 Å². The van der Waals surface area contributed by atoms with Gasteiger partial charge in [-0.25, -0.2) is 0 Å². The van der Waals surface area contributed by atoms with Crippen LogP contribution in [0.3, 0.4) is 0 Å². The first-order valence-electron chi connectivity index (χ1n) is 4.05. The van der Waals surface area contributed by atoms with Gasteiger partial charge in [-0.15, -0.1) is 11.8 Å². The topological polar surface area (TPSA) is 9.23 Å². The predicted octanol–water partition coefficient (Wildman–Crippen LogP) is 1.17. The second-order valence-electron chi connectivity index (χ2n) is 4.13. The van der Waals surface area contributed by atoms with Crippen LogP contribution in [0.15, 0.2) is 0 Å². The van der Waals surface area contributed by atoms with E-state index in [0.717, 1.165) is 16.8 Å². The fourth-order valence-electron chi connectivity index (χ4n) is 1.30. The highest BCUT2D eigenvalue weighted by Gasteiger charge is 2.26. The summed E-state index contributed by atoms with van der Waals surface area (Å²) in [4.78, 5) is 0. The third kappa shape index (κ3) is 3.45. The van der Waals surface area contributed by atoms with Crippen LogP contribution >= 0.6 is 11.8 Å². The van der Waals surface area contributed by atoms with E-state index in [1.54, 1.807) is 0 Å². The molecule has 1 rings (SSSR count). The van der Waals surface area contributed by atoms with Gasteiger partial charge in [0.15, 0.2) is 0 Å². The Morgan fingerprint density at radius 1 is 1.45 bits per heavy atom. The van der Waals surface area contributed by atoms with Crippen molar-refractivity contribution in [2.75, 3.05) is 33.4 Å². The van der Waals surface area contributed by atoms with Crippen molar-refractivity contribution in [1.29, 1.82) is 0 Å². The van der Waals surface area contributed by atoms with Crippen molar-refractivity contribution in [3.8, 4) is 0 Å². The molecule has 1 fully saturated rings. The molecular formula is C8H18NOS+. The van der Waals surface area contributed by atoms with Crippen molar-refractivity contribution in [1.82, 2.24) is 0 Å². The first-order chi connectivity index (χ1) is 4.97. The van der Waals surface area contributed by atoms with Crippen molar-refractivity contribution in [3.63, 3.8) is 0 Å². The molecule has 1 heterocycles. The number of rotatable bonds is 2. The first-order valence-corrected chi connectivity index (χ1v) is 5.10. The average Bonchev–Trinajstić information content (AvgIpc) is 2.10. The molecule has 1 saturated heterocycles. The van der Waals surface area contributed by atoms with Crippen molar-refractivity contribution in [2.45, 2.75) is 18.5 Å². The Morgan fingerprint density at radius 2 is 2.09 bits per heavy atom. The molecule has 0 unspecified atom stereocenters. The minimum absolute atomic E-state index is 0.409. The molecule has 0 spiro atoms. The van der Waals surface area contributed by atoms with Crippen LogP contribution in [-0.2, 0) is 4.74 Å². The minimum Gasteiger partial charge on any atom is -0.358 e. The first kappa shape index (κ1) is 9.36. The molecule has 66 valence electrons. The lowest BCUT2D eigenvalue weighted by Crippen LogP contribution is -2.42.